The zero-order valence-electron chi connectivity index (χ0n) is 10.1. The van der Waals surface area contributed by atoms with Gasteiger partial charge in [-0.15, -0.1) is 0 Å². The fourth-order valence-electron chi connectivity index (χ4n) is 1.77. The van der Waals surface area contributed by atoms with Crippen molar-refractivity contribution in [3.8, 4) is 5.75 Å². The van der Waals surface area contributed by atoms with E-state index < -0.39 is 24.3 Å². The quantitative estimate of drug-likeness (QED) is 0.815. The van der Waals surface area contributed by atoms with Gasteiger partial charge < -0.3 is 9.64 Å². The maximum atomic E-state index is 12.1. The molecule has 2 rings (SSSR count). The first kappa shape index (κ1) is 13.9. The highest BCUT2D eigenvalue weighted by atomic mass is 19.3. The molecule has 1 aliphatic heterocycles. The summed E-state index contributed by atoms with van der Waals surface area (Å²) in [7, 11) is 0. The molecule has 0 aromatic heterocycles. The van der Waals surface area contributed by atoms with E-state index in [0.717, 1.165) is 11.0 Å². The van der Waals surface area contributed by atoms with Gasteiger partial charge in [0.25, 0.3) is 5.91 Å². The summed E-state index contributed by atoms with van der Waals surface area (Å²) < 4.78 is 28.4. The minimum atomic E-state index is -3.00. The van der Waals surface area contributed by atoms with Gasteiger partial charge in [-0.1, -0.05) is 6.07 Å². The van der Waals surface area contributed by atoms with Crippen LogP contribution in [0.4, 0.5) is 8.78 Å². The van der Waals surface area contributed by atoms with Gasteiger partial charge in [-0.3, -0.25) is 19.7 Å². The van der Waals surface area contributed by atoms with E-state index in [1.165, 1.54) is 18.2 Å². The second-order valence-electron chi connectivity index (χ2n) is 4.04. The van der Waals surface area contributed by atoms with Crippen molar-refractivity contribution in [2.45, 2.75) is 6.61 Å². The molecule has 106 valence electrons. The third-order valence-electron chi connectivity index (χ3n) is 2.54. The Bertz CT molecular complexity index is 546. The van der Waals surface area contributed by atoms with Crippen molar-refractivity contribution in [2.75, 3.05) is 13.1 Å². The van der Waals surface area contributed by atoms with Crippen LogP contribution in [0.1, 0.15) is 10.4 Å². The smallest absolute Gasteiger partial charge is 0.387 e. The Hall–Kier alpha value is -2.51. The summed E-state index contributed by atoms with van der Waals surface area (Å²) in [5, 5.41) is 2.06. The summed E-state index contributed by atoms with van der Waals surface area (Å²) in [6.45, 7) is -3.52. The Balaban J connectivity index is 2.16. The zero-order valence-corrected chi connectivity index (χ0v) is 10.1. The molecule has 1 heterocycles. The largest absolute Gasteiger partial charge is 0.435 e. The molecule has 1 saturated heterocycles. The standard InChI is InChI=1S/C12H10F2N2O4/c13-12(14)20-8-3-1-2-7(4-8)11(19)16-5-9(17)15-10(18)6-16/h1-4,12H,5-6H2,(H,15,17,18). The van der Waals surface area contributed by atoms with E-state index >= 15 is 0 Å². The number of amides is 3. The van der Waals surface area contributed by atoms with Crippen LogP contribution in [0.3, 0.4) is 0 Å². The van der Waals surface area contributed by atoms with E-state index in [0.29, 0.717) is 0 Å². The predicted molar refractivity (Wildman–Crippen MR) is 62.1 cm³/mol. The van der Waals surface area contributed by atoms with Gasteiger partial charge in [0.15, 0.2) is 0 Å². The first-order valence-electron chi connectivity index (χ1n) is 5.62. The van der Waals surface area contributed by atoms with E-state index in [9.17, 15) is 23.2 Å². The van der Waals surface area contributed by atoms with Crippen LogP contribution >= 0.6 is 0 Å². The van der Waals surface area contributed by atoms with Crippen LogP contribution in [0, 0.1) is 0 Å². The van der Waals surface area contributed by atoms with Crippen LogP contribution < -0.4 is 10.1 Å². The van der Waals surface area contributed by atoms with Gasteiger partial charge >= 0.3 is 6.61 Å². The minimum Gasteiger partial charge on any atom is -0.435 e. The Morgan fingerprint density at radius 3 is 2.50 bits per heavy atom. The van der Waals surface area contributed by atoms with Gasteiger partial charge in [-0.05, 0) is 18.2 Å². The molecule has 0 bridgehead atoms. The second kappa shape index (κ2) is 5.64. The van der Waals surface area contributed by atoms with Crippen molar-refractivity contribution in [1.29, 1.82) is 0 Å². The van der Waals surface area contributed by atoms with Gasteiger partial charge in [-0.25, -0.2) is 0 Å². The molecule has 20 heavy (non-hydrogen) atoms. The number of carbonyl (C=O) groups is 3. The van der Waals surface area contributed by atoms with Crippen molar-refractivity contribution < 1.29 is 27.9 Å². The number of nitrogens with zero attached hydrogens (tertiary/aromatic N) is 1. The highest BCUT2D eigenvalue weighted by molar-refractivity contribution is 6.05. The minimum absolute atomic E-state index is 0.0608. The van der Waals surface area contributed by atoms with Crippen LogP contribution in [0.25, 0.3) is 0 Å². The Morgan fingerprint density at radius 1 is 1.25 bits per heavy atom. The van der Waals surface area contributed by atoms with Crippen molar-refractivity contribution in [2.24, 2.45) is 0 Å². The third kappa shape index (κ3) is 3.28. The number of carbonyl (C=O) groups excluding carboxylic acids is 3. The molecule has 0 saturated carbocycles. The Labute approximate surface area is 112 Å². The van der Waals surface area contributed by atoms with E-state index in [-0.39, 0.29) is 24.4 Å². The van der Waals surface area contributed by atoms with Crippen molar-refractivity contribution in [1.82, 2.24) is 10.2 Å². The van der Waals surface area contributed by atoms with Gasteiger partial charge in [0.05, 0.1) is 0 Å². The topological polar surface area (TPSA) is 75.7 Å². The summed E-state index contributed by atoms with van der Waals surface area (Å²) in [6.07, 6.45) is 0. The molecule has 0 unspecified atom stereocenters. The van der Waals surface area contributed by atoms with E-state index in [4.69, 9.17) is 0 Å². The van der Waals surface area contributed by atoms with Crippen molar-refractivity contribution in [3.05, 3.63) is 29.8 Å². The van der Waals surface area contributed by atoms with Gasteiger partial charge in [0.2, 0.25) is 11.8 Å². The van der Waals surface area contributed by atoms with Gasteiger partial charge in [0, 0.05) is 5.56 Å². The summed E-state index contributed by atoms with van der Waals surface area (Å²) in [5.41, 5.74) is 0.0608. The molecule has 0 spiro atoms. The van der Waals surface area contributed by atoms with Crippen LogP contribution in [-0.4, -0.2) is 42.3 Å². The van der Waals surface area contributed by atoms with Crippen molar-refractivity contribution in [3.63, 3.8) is 0 Å². The number of rotatable bonds is 3. The SMILES string of the molecule is O=C1CN(C(=O)c2cccc(OC(F)F)c2)CC(=O)N1. The number of imide groups is 1. The maximum absolute atomic E-state index is 12.1. The third-order valence-corrected chi connectivity index (χ3v) is 2.54. The van der Waals surface area contributed by atoms with Crippen LogP contribution in [0.5, 0.6) is 5.75 Å². The zero-order chi connectivity index (χ0) is 14.7. The molecular weight excluding hydrogens is 274 g/mol. The highest BCUT2D eigenvalue weighted by Crippen LogP contribution is 2.17. The normalized spacial score (nSPS) is 15.2. The number of ether oxygens (including phenoxy) is 1. The molecule has 8 heteroatoms. The average molecular weight is 284 g/mol. The number of nitrogens with one attached hydrogen (secondary N) is 1. The first-order chi connectivity index (χ1) is 9.45. The number of alkyl halides is 2. The van der Waals surface area contributed by atoms with Crippen molar-refractivity contribution >= 4 is 17.7 Å². The fourth-order valence-corrected chi connectivity index (χ4v) is 1.77. The lowest BCUT2D eigenvalue weighted by Crippen LogP contribution is -2.53. The highest BCUT2D eigenvalue weighted by Gasteiger charge is 2.27. The molecule has 0 atom stereocenters. The van der Waals surface area contributed by atoms with Gasteiger partial charge in [-0.2, -0.15) is 8.78 Å². The van der Waals surface area contributed by atoms with E-state index in [1.54, 1.807) is 0 Å². The molecule has 6 nitrogen and oxygen atoms in total. The molecule has 1 aromatic rings. The van der Waals surface area contributed by atoms with Crippen LogP contribution in [-0.2, 0) is 9.59 Å². The van der Waals surface area contributed by atoms with Crippen LogP contribution in [0.15, 0.2) is 24.3 Å². The average Bonchev–Trinajstić information content (AvgIpc) is 2.36. The number of hydrogen-bond acceptors (Lipinski definition) is 4. The Morgan fingerprint density at radius 2 is 1.90 bits per heavy atom. The van der Waals surface area contributed by atoms with Gasteiger partial charge in [0.1, 0.15) is 18.8 Å². The van der Waals surface area contributed by atoms with E-state index in [1.807, 2.05) is 0 Å². The summed E-state index contributed by atoms with van der Waals surface area (Å²) in [4.78, 5) is 35.5. The molecule has 1 aromatic carbocycles. The predicted octanol–water partition coefficient (Wildman–Crippen LogP) is 0.387. The Kier molecular flexibility index (Phi) is 3.92. The maximum Gasteiger partial charge on any atom is 0.387 e. The number of hydrogen-bond donors (Lipinski definition) is 1. The summed E-state index contributed by atoms with van der Waals surface area (Å²) in [6, 6.07) is 5.16. The molecule has 0 aliphatic carbocycles. The fraction of sp³-hybridized carbons (Fsp3) is 0.250. The lowest BCUT2D eigenvalue weighted by atomic mass is 10.1. The number of piperazine rings is 1. The van der Waals surface area contributed by atoms with Crippen LogP contribution in [0.2, 0.25) is 0 Å². The first-order valence-corrected chi connectivity index (χ1v) is 5.62. The lowest BCUT2D eigenvalue weighted by Gasteiger charge is -2.25. The monoisotopic (exact) mass is 284 g/mol. The lowest BCUT2D eigenvalue weighted by molar-refractivity contribution is -0.135. The summed E-state index contributed by atoms with van der Waals surface area (Å²) >= 11 is 0. The number of halogens is 2. The molecule has 1 N–H and O–H groups in total. The number of benzene rings is 1. The second-order valence-corrected chi connectivity index (χ2v) is 4.04. The molecule has 0 radical (unpaired) electrons. The molecule has 3 amide bonds. The molecular formula is C12H10F2N2O4. The summed E-state index contributed by atoms with van der Waals surface area (Å²) in [5.74, 6) is -1.95. The molecule has 1 aliphatic rings. The molecule has 1 fully saturated rings. The van der Waals surface area contributed by atoms with E-state index in [2.05, 4.69) is 10.1 Å².